The zero-order valence-electron chi connectivity index (χ0n) is 14.5. The molecule has 24 heavy (non-hydrogen) atoms. The smallest absolute Gasteiger partial charge is 0.247 e. The molecule has 0 fully saturated rings. The van der Waals surface area contributed by atoms with Gasteiger partial charge in [-0.15, -0.1) is 10.2 Å². The molecule has 0 aliphatic carbocycles. The van der Waals surface area contributed by atoms with Gasteiger partial charge in [0.15, 0.2) is 0 Å². The number of aryl methyl sites for hydroxylation is 2. The number of hydrogen-bond donors (Lipinski definition) is 0. The molecule has 0 unspecified atom stereocenters. The number of rotatable bonds is 5. The normalized spacial score (nSPS) is 11.0. The second-order valence-electron chi connectivity index (χ2n) is 6.35. The molecule has 0 amide bonds. The Balaban J connectivity index is 1.74. The molecule has 0 saturated heterocycles. The molecule has 2 aromatic carbocycles. The first-order chi connectivity index (χ1) is 11.5. The van der Waals surface area contributed by atoms with E-state index in [9.17, 15) is 0 Å². The Labute approximate surface area is 142 Å². The van der Waals surface area contributed by atoms with E-state index in [4.69, 9.17) is 9.15 Å². The van der Waals surface area contributed by atoms with Gasteiger partial charge in [-0.05, 0) is 47.7 Å². The van der Waals surface area contributed by atoms with Crippen LogP contribution in [0.3, 0.4) is 0 Å². The molecule has 3 aromatic rings. The van der Waals surface area contributed by atoms with Crippen LogP contribution in [0.2, 0.25) is 0 Å². The minimum absolute atomic E-state index is 0.516. The molecule has 0 atom stereocenters. The molecule has 1 aromatic heterocycles. The lowest BCUT2D eigenvalue weighted by molar-refractivity contribution is 0.306. The van der Waals surface area contributed by atoms with Crippen LogP contribution in [0.25, 0.3) is 11.5 Å². The standard InChI is InChI=1S/C20H22N2O2/c1-13(2)17-7-5-16(6-8-17)12-23-19-10-14(3)9-18(11-19)20-22-21-15(4)24-20/h5-11,13H,12H2,1-4H3. The number of ether oxygens (including phenoxy) is 1. The van der Waals surface area contributed by atoms with Crippen LogP contribution in [-0.4, -0.2) is 10.2 Å². The van der Waals surface area contributed by atoms with Gasteiger partial charge in [0, 0.05) is 12.5 Å². The number of aromatic nitrogens is 2. The van der Waals surface area contributed by atoms with Crippen molar-refractivity contribution in [3.05, 3.63) is 65.0 Å². The highest BCUT2D eigenvalue weighted by atomic mass is 16.5. The third-order valence-electron chi connectivity index (χ3n) is 3.88. The summed E-state index contributed by atoms with van der Waals surface area (Å²) in [5.41, 5.74) is 4.45. The summed E-state index contributed by atoms with van der Waals surface area (Å²) in [5, 5.41) is 7.95. The lowest BCUT2D eigenvalue weighted by Crippen LogP contribution is -1.97. The van der Waals surface area contributed by atoms with Gasteiger partial charge in [0.05, 0.1) is 0 Å². The van der Waals surface area contributed by atoms with E-state index in [1.165, 1.54) is 5.56 Å². The number of benzene rings is 2. The van der Waals surface area contributed by atoms with Gasteiger partial charge in [0.1, 0.15) is 12.4 Å². The monoisotopic (exact) mass is 322 g/mol. The van der Waals surface area contributed by atoms with Crippen LogP contribution in [0, 0.1) is 13.8 Å². The Morgan fingerprint density at radius 1 is 1.00 bits per heavy atom. The second kappa shape index (κ2) is 6.87. The fourth-order valence-corrected chi connectivity index (χ4v) is 2.53. The van der Waals surface area contributed by atoms with Crippen molar-refractivity contribution in [3.63, 3.8) is 0 Å². The van der Waals surface area contributed by atoms with E-state index in [2.05, 4.69) is 48.3 Å². The van der Waals surface area contributed by atoms with Crippen LogP contribution >= 0.6 is 0 Å². The van der Waals surface area contributed by atoms with E-state index in [1.807, 2.05) is 25.1 Å². The zero-order valence-corrected chi connectivity index (χ0v) is 14.5. The van der Waals surface area contributed by atoms with Crippen LogP contribution < -0.4 is 4.74 Å². The molecule has 124 valence electrons. The van der Waals surface area contributed by atoms with Crippen LogP contribution in [0.15, 0.2) is 46.9 Å². The quantitative estimate of drug-likeness (QED) is 0.659. The fraction of sp³-hybridized carbons (Fsp3) is 0.300. The third kappa shape index (κ3) is 3.82. The summed E-state index contributed by atoms with van der Waals surface area (Å²) in [6.45, 7) is 8.73. The lowest BCUT2D eigenvalue weighted by atomic mass is 10.0. The van der Waals surface area contributed by atoms with E-state index < -0.39 is 0 Å². The highest BCUT2D eigenvalue weighted by Crippen LogP contribution is 2.26. The molecule has 0 aliphatic rings. The van der Waals surface area contributed by atoms with Crippen molar-refractivity contribution in [1.29, 1.82) is 0 Å². The maximum absolute atomic E-state index is 5.95. The molecule has 0 bridgehead atoms. The van der Waals surface area contributed by atoms with Crippen molar-refractivity contribution in [2.75, 3.05) is 0 Å². The van der Waals surface area contributed by atoms with E-state index in [0.29, 0.717) is 24.3 Å². The largest absolute Gasteiger partial charge is 0.489 e. The van der Waals surface area contributed by atoms with Crippen LogP contribution in [0.5, 0.6) is 5.75 Å². The third-order valence-corrected chi connectivity index (χ3v) is 3.88. The molecule has 3 rings (SSSR count). The van der Waals surface area contributed by atoms with Gasteiger partial charge in [0.25, 0.3) is 0 Å². The second-order valence-corrected chi connectivity index (χ2v) is 6.35. The predicted molar refractivity (Wildman–Crippen MR) is 94.1 cm³/mol. The average Bonchev–Trinajstić information content (AvgIpc) is 2.99. The minimum atomic E-state index is 0.516. The summed E-state index contributed by atoms with van der Waals surface area (Å²) in [7, 11) is 0. The molecule has 0 spiro atoms. The maximum Gasteiger partial charge on any atom is 0.247 e. The molecule has 1 heterocycles. The van der Waals surface area contributed by atoms with E-state index >= 15 is 0 Å². The van der Waals surface area contributed by atoms with Crippen molar-refractivity contribution in [3.8, 4) is 17.2 Å². The first-order valence-corrected chi connectivity index (χ1v) is 8.15. The summed E-state index contributed by atoms with van der Waals surface area (Å²) in [5.74, 6) is 2.41. The fourth-order valence-electron chi connectivity index (χ4n) is 2.53. The highest BCUT2D eigenvalue weighted by Gasteiger charge is 2.09. The summed E-state index contributed by atoms with van der Waals surface area (Å²) in [6.07, 6.45) is 0. The van der Waals surface area contributed by atoms with Crippen LogP contribution in [0.1, 0.15) is 42.3 Å². The molecule has 4 nitrogen and oxygen atoms in total. The zero-order chi connectivity index (χ0) is 17.1. The topological polar surface area (TPSA) is 48.2 Å². The van der Waals surface area contributed by atoms with E-state index in [0.717, 1.165) is 22.4 Å². The highest BCUT2D eigenvalue weighted by molar-refractivity contribution is 5.57. The summed E-state index contributed by atoms with van der Waals surface area (Å²) in [4.78, 5) is 0. The minimum Gasteiger partial charge on any atom is -0.489 e. The van der Waals surface area contributed by atoms with Gasteiger partial charge in [-0.3, -0.25) is 0 Å². The Morgan fingerprint density at radius 2 is 1.75 bits per heavy atom. The first-order valence-electron chi connectivity index (χ1n) is 8.15. The molecule has 0 aliphatic heterocycles. The van der Waals surface area contributed by atoms with E-state index in [-0.39, 0.29) is 0 Å². The molecule has 4 heteroatoms. The Bertz CT molecular complexity index is 820. The van der Waals surface area contributed by atoms with Crippen molar-refractivity contribution >= 4 is 0 Å². The van der Waals surface area contributed by atoms with Crippen molar-refractivity contribution < 1.29 is 9.15 Å². The molecule has 0 N–H and O–H groups in total. The van der Waals surface area contributed by atoms with Crippen LogP contribution in [0.4, 0.5) is 0 Å². The van der Waals surface area contributed by atoms with Crippen molar-refractivity contribution in [2.24, 2.45) is 0 Å². The van der Waals surface area contributed by atoms with Gasteiger partial charge in [-0.1, -0.05) is 38.1 Å². The first kappa shape index (κ1) is 16.2. The molecule has 0 saturated carbocycles. The van der Waals surface area contributed by atoms with E-state index in [1.54, 1.807) is 6.92 Å². The lowest BCUT2D eigenvalue weighted by Gasteiger charge is -2.10. The number of nitrogens with zero attached hydrogens (tertiary/aromatic N) is 2. The van der Waals surface area contributed by atoms with Gasteiger partial charge in [-0.2, -0.15) is 0 Å². The van der Waals surface area contributed by atoms with Gasteiger partial charge < -0.3 is 9.15 Å². The van der Waals surface area contributed by atoms with Crippen LogP contribution in [-0.2, 0) is 6.61 Å². The maximum atomic E-state index is 5.95. The molecular weight excluding hydrogens is 300 g/mol. The summed E-state index contributed by atoms with van der Waals surface area (Å²) < 4.78 is 11.5. The van der Waals surface area contributed by atoms with Gasteiger partial charge in [0.2, 0.25) is 11.8 Å². The predicted octanol–water partition coefficient (Wildman–Crippen LogP) is 5.06. The summed E-state index contributed by atoms with van der Waals surface area (Å²) in [6, 6.07) is 14.5. The van der Waals surface area contributed by atoms with Gasteiger partial charge in [-0.25, -0.2) is 0 Å². The average molecular weight is 322 g/mol. The Morgan fingerprint density at radius 3 is 2.38 bits per heavy atom. The molecule has 0 radical (unpaired) electrons. The van der Waals surface area contributed by atoms with Crippen molar-refractivity contribution in [1.82, 2.24) is 10.2 Å². The SMILES string of the molecule is Cc1cc(OCc2ccc(C(C)C)cc2)cc(-c2nnc(C)o2)c1. The summed E-state index contributed by atoms with van der Waals surface area (Å²) >= 11 is 0. The Kier molecular flexibility index (Phi) is 4.65. The Hall–Kier alpha value is -2.62. The van der Waals surface area contributed by atoms with Gasteiger partial charge >= 0.3 is 0 Å². The number of hydrogen-bond acceptors (Lipinski definition) is 4. The molecular formula is C20H22N2O2. The van der Waals surface area contributed by atoms with Crippen molar-refractivity contribution in [2.45, 2.75) is 40.2 Å².